The Balaban J connectivity index is 1.94. The Morgan fingerprint density at radius 1 is 1.43 bits per heavy atom. The third-order valence-electron chi connectivity index (χ3n) is 3.49. The van der Waals surface area contributed by atoms with Crippen LogP contribution in [0.25, 0.3) is 6.08 Å². The largest absolute Gasteiger partial charge is 0.496 e. The molecule has 21 heavy (non-hydrogen) atoms. The fourth-order valence-electron chi connectivity index (χ4n) is 2.19. The first-order valence-corrected chi connectivity index (χ1v) is 7.76. The fraction of sp³-hybridized carbons (Fsp3) is 0.400. The van der Waals surface area contributed by atoms with Gasteiger partial charge < -0.3 is 9.64 Å². The minimum atomic E-state index is -0.114. The number of quaternary nitrogens is 1. The molecule has 1 amide bonds. The van der Waals surface area contributed by atoms with E-state index in [9.17, 15) is 4.79 Å². The van der Waals surface area contributed by atoms with Gasteiger partial charge in [-0.15, -0.1) is 0 Å². The number of hydrazine groups is 1. The number of piperazine rings is 1. The molecule has 0 aliphatic carbocycles. The molecule has 5 nitrogen and oxygen atoms in total. The van der Waals surface area contributed by atoms with Gasteiger partial charge in [-0.1, -0.05) is 15.9 Å². The lowest BCUT2D eigenvalue weighted by Crippen LogP contribution is -3.12. The summed E-state index contributed by atoms with van der Waals surface area (Å²) >= 11 is 3.42. The van der Waals surface area contributed by atoms with E-state index < -0.39 is 0 Å². The number of carbonyl (C=O) groups excluding carboxylic acids is 1. The fourth-order valence-corrected chi connectivity index (χ4v) is 2.57. The molecule has 1 fully saturated rings. The zero-order valence-corrected chi connectivity index (χ0v) is 13.9. The summed E-state index contributed by atoms with van der Waals surface area (Å²) in [5.74, 6) is 0.627. The van der Waals surface area contributed by atoms with Crippen molar-refractivity contribution in [2.45, 2.75) is 0 Å². The van der Waals surface area contributed by atoms with E-state index in [1.54, 1.807) is 13.2 Å². The monoisotopic (exact) mass is 354 g/mol. The van der Waals surface area contributed by atoms with Crippen molar-refractivity contribution in [3.05, 3.63) is 34.3 Å². The van der Waals surface area contributed by atoms with Crippen LogP contribution in [0.2, 0.25) is 0 Å². The Bertz CT molecular complexity index is 526. The molecule has 1 aliphatic heterocycles. The van der Waals surface area contributed by atoms with Crippen LogP contribution < -0.4 is 15.1 Å². The Hall–Kier alpha value is -1.37. The van der Waals surface area contributed by atoms with E-state index in [1.807, 2.05) is 23.2 Å². The summed E-state index contributed by atoms with van der Waals surface area (Å²) in [5.41, 5.74) is 3.77. The molecule has 0 radical (unpaired) electrons. The highest BCUT2D eigenvalue weighted by Gasteiger charge is 2.17. The third kappa shape index (κ3) is 4.84. The summed E-state index contributed by atoms with van der Waals surface area (Å²) in [5, 5.41) is 1.97. The standard InChI is InChI=1S/C15H20BrN3O2/c1-18-7-9-19(10-8-18)17-15(20)6-3-12-11-13(16)4-5-14(12)21-2/h3-6,11H,7-10H2,1-2H3,(H,17,20)/p+1/b6-3+. The maximum atomic E-state index is 12.0. The number of benzene rings is 1. The van der Waals surface area contributed by atoms with E-state index >= 15 is 0 Å². The zero-order valence-electron chi connectivity index (χ0n) is 12.4. The van der Waals surface area contributed by atoms with Gasteiger partial charge in [-0.2, -0.15) is 0 Å². The number of nitrogens with one attached hydrogen (secondary N) is 2. The Morgan fingerprint density at radius 2 is 2.14 bits per heavy atom. The van der Waals surface area contributed by atoms with Gasteiger partial charge in [0.2, 0.25) is 0 Å². The second kappa shape index (κ2) is 7.59. The van der Waals surface area contributed by atoms with Crippen molar-refractivity contribution < 1.29 is 14.4 Å². The molecule has 0 bridgehead atoms. The molecule has 114 valence electrons. The van der Waals surface area contributed by atoms with E-state index in [0.29, 0.717) is 0 Å². The predicted molar refractivity (Wildman–Crippen MR) is 86.1 cm³/mol. The van der Waals surface area contributed by atoms with Crippen molar-refractivity contribution in [2.75, 3.05) is 40.3 Å². The van der Waals surface area contributed by atoms with Crippen molar-refractivity contribution in [1.29, 1.82) is 0 Å². The number of hydrogen-bond donors (Lipinski definition) is 2. The summed E-state index contributed by atoms with van der Waals surface area (Å²) in [7, 11) is 3.78. The van der Waals surface area contributed by atoms with Crippen LogP contribution in [-0.2, 0) is 4.79 Å². The number of methoxy groups -OCH3 is 1. The molecule has 2 N–H and O–H groups in total. The number of nitrogens with zero attached hydrogens (tertiary/aromatic N) is 1. The predicted octanol–water partition coefficient (Wildman–Crippen LogP) is 0.332. The molecule has 0 atom stereocenters. The summed E-state index contributed by atoms with van der Waals surface area (Å²) in [6, 6.07) is 5.69. The van der Waals surface area contributed by atoms with Gasteiger partial charge in [-0.05, 0) is 24.3 Å². The lowest BCUT2D eigenvalue weighted by Gasteiger charge is -2.29. The Morgan fingerprint density at radius 3 is 2.81 bits per heavy atom. The highest BCUT2D eigenvalue weighted by Crippen LogP contribution is 2.23. The molecule has 1 aromatic carbocycles. The molecule has 2 rings (SSSR count). The van der Waals surface area contributed by atoms with Crippen LogP contribution in [0, 0.1) is 0 Å². The van der Waals surface area contributed by atoms with E-state index in [2.05, 4.69) is 28.4 Å². The van der Waals surface area contributed by atoms with Crippen LogP contribution in [-0.4, -0.2) is 51.3 Å². The summed E-state index contributed by atoms with van der Waals surface area (Å²) < 4.78 is 6.23. The first kappa shape index (κ1) is 16.0. The van der Waals surface area contributed by atoms with Gasteiger partial charge in [-0.25, -0.2) is 5.01 Å². The topological polar surface area (TPSA) is 46.0 Å². The van der Waals surface area contributed by atoms with E-state index in [0.717, 1.165) is 42.0 Å². The van der Waals surface area contributed by atoms with Crippen molar-refractivity contribution in [1.82, 2.24) is 10.4 Å². The highest BCUT2D eigenvalue weighted by molar-refractivity contribution is 9.10. The Kier molecular flexibility index (Phi) is 5.78. The smallest absolute Gasteiger partial charge is 0.258 e. The summed E-state index contributed by atoms with van der Waals surface area (Å²) in [6.45, 7) is 3.85. The van der Waals surface area contributed by atoms with Crippen molar-refractivity contribution in [3.8, 4) is 5.75 Å². The molecule has 1 heterocycles. The van der Waals surface area contributed by atoms with Crippen molar-refractivity contribution in [3.63, 3.8) is 0 Å². The lowest BCUT2D eigenvalue weighted by molar-refractivity contribution is -0.884. The molecule has 6 heteroatoms. The Labute approximate surface area is 133 Å². The second-order valence-electron chi connectivity index (χ2n) is 5.14. The normalized spacial score (nSPS) is 17.1. The maximum absolute atomic E-state index is 12.0. The molecule has 0 aromatic heterocycles. The number of carbonyl (C=O) groups is 1. The van der Waals surface area contributed by atoms with Gasteiger partial charge in [0, 0.05) is 16.1 Å². The average molecular weight is 355 g/mol. The van der Waals surface area contributed by atoms with Gasteiger partial charge in [0.25, 0.3) is 5.91 Å². The maximum Gasteiger partial charge on any atom is 0.258 e. The van der Waals surface area contributed by atoms with Crippen LogP contribution in [0.5, 0.6) is 5.75 Å². The van der Waals surface area contributed by atoms with Crippen LogP contribution in [0.15, 0.2) is 28.7 Å². The van der Waals surface area contributed by atoms with Crippen LogP contribution in [0.1, 0.15) is 5.56 Å². The summed E-state index contributed by atoms with van der Waals surface area (Å²) in [6.07, 6.45) is 3.30. The van der Waals surface area contributed by atoms with Gasteiger partial charge in [0.15, 0.2) is 0 Å². The molecule has 0 saturated carbocycles. The molecular weight excluding hydrogens is 334 g/mol. The van der Waals surface area contributed by atoms with Gasteiger partial charge in [0.05, 0.1) is 40.3 Å². The molecule has 0 unspecified atom stereocenters. The number of halogens is 1. The number of ether oxygens (including phenoxy) is 1. The molecule has 1 aromatic rings. The van der Waals surface area contributed by atoms with Crippen LogP contribution >= 0.6 is 15.9 Å². The van der Waals surface area contributed by atoms with Crippen LogP contribution in [0.3, 0.4) is 0 Å². The SMILES string of the molecule is COc1ccc(Br)cc1/C=C/C(=O)NN1CC[NH+](C)CC1. The molecule has 1 saturated heterocycles. The minimum Gasteiger partial charge on any atom is -0.496 e. The number of amides is 1. The number of likely N-dealkylation sites (N-methyl/N-ethyl adjacent to an activating group) is 1. The quantitative estimate of drug-likeness (QED) is 0.766. The van der Waals surface area contributed by atoms with Crippen LogP contribution in [0.4, 0.5) is 0 Å². The minimum absolute atomic E-state index is 0.114. The molecule has 0 spiro atoms. The summed E-state index contributed by atoms with van der Waals surface area (Å²) in [4.78, 5) is 13.4. The van der Waals surface area contributed by atoms with E-state index in [-0.39, 0.29) is 5.91 Å². The molecule has 1 aliphatic rings. The highest BCUT2D eigenvalue weighted by atomic mass is 79.9. The van der Waals surface area contributed by atoms with Gasteiger partial charge in [0.1, 0.15) is 5.75 Å². The third-order valence-corrected chi connectivity index (χ3v) is 3.98. The number of rotatable bonds is 4. The van der Waals surface area contributed by atoms with E-state index in [1.165, 1.54) is 11.0 Å². The molecular formula is C15H21BrN3O2+. The average Bonchev–Trinajstić information content (AvgIpc) is 2.48. The lowest BCUT2D eigenvalue weighted by atomic mass is 10.2. The second-order valence-corrected chi connectivity index (χ2v) is 6.06. The van der Waals surface area contributed by atoms with Gasteiger partial charge in [-0.3, -0.25) is 10.2 Å². The zero-order chi connectivity index (χ0) is 15.2. The van der Waals surface area contributed by atoms with Gasteiger partial charge >= 0.3 is 0 Å². The first-order valence-electron chi connectivity index (χ1n) is 6.97. The van der Waals surface area contributed by atoms with Crippen molar-refractivity contribution >= 4 is 27.9 Å². The first-order chi connectivity index (χ1) is 10.1. The van der Waals surface area contributed by atoms with E-state index in [4.69, 9.17) is 4.74 Å². The number of hydrogen-bond acceptors (Lipinski definition) is 3. The van der Waals surface area contributed by atoms with Crippen molar-refractivity contribution in [2.24, 2.45) is 0 Å².